The average Bonchev–Trinajstić information content (AvgIpc) is 3.39. The lowest BCUT2D eigenvalue weighted by atomic mass is 10.2. The molecular formula is C18H19FN6O2S. The van der Waals surface area contributed by atoms with Gasteiger partial charge in [0.1, 0.15) is 18.1 Å². The Morgan fingerprint density at radius 2 is 1.96 bits per heavy atom. The molecule has 0 saturated carbocycles. The molecule has 1 fully saturated rings. The van der Waals surface area contributed by atoms with Gasteiger partial charge < -0.3 is 14.2 Å². The lowest BCUT2D eigenvalue weighted by Gasteiger charge is -2.36. The van der Waals surface area contributed by atoms with E-state index in [2.05, 4.69) is 15.5 Å². The van der Waals surface area contributed by atoms with Crippen molar-refractivity contribution in [1.82, 2.24) is 25.1 Å². The van der Waals surface area contributed by atoms with Gasteiger partial charge in [0, 0.05) is 26.2 Å². The first-order valence-electron chi connectivity index (χ1n) is 8.89. The summed E-state index contributed by atoms with van der Waals surface area (Å²) in [5.74, 6) is 0.773. The fraction of sp³-hybridized carbons (Fsp3) is 0.333. The first-order chi connectivity index (χ1) is 13.7. The van der Waals surface area contributed by atoms with E-state index in [1.807, 2.05) is 17.0 Å². The number of amides is 1. The van der Waals surface area contributed by atoms with Crippen molar-refractivity contribution in [2.75, 3.05) is 36.8 Å². The van der Waals surface area contributed by atoms with Gasteiger partial charge in [0.2, 0.25) is 11.1 Å². The number of nitrogens with zero attached hydrogens (tertiary/aromatic N) is 6. The predicted molar refractivity (Wildman–Crippen MR) is 102 cm³/mol. The molecule has 0 spiro atoms. The van der Waals surface area contributed by atoms with Crippen molar-refractivity contribution in [1.29, 1.82) is 0 Å². The number of carbonyl (C=O) groups excluding carboxylic acids is 1. The number of furan rings is 1. The molecule has 3 aromatic rings. The molecule has 8 nitrogen and oxygen atoms in total. The number of benzene rings is 1. The van der Waals surface area contributed by atoms with Gasteiger partial charge in [-0.05, 0) is 34.7 Å². The van der Waals surface area contributed by atoms with Crippen molar-refractivity contribution in [2.45, 2.75) is 11.7 Å². The fourth-order valence-electron chi connectivity index (χ4n) is 3.07. The molecule has 28 heavy (non-hydrogen) atoms. The van der Waals surface area contributed by atoms with E-state index in [0.29, 0.717) is 43.6 Å². The number of tetrazole rings is 1. The van der Waals surface area contributed by atoms with Gasteiger partial charge in [-0.3, -0.25) is 4.79 Å². The first-order valence-corrected chi connectivity index (χ1v) is 9.88. The van der Waals surface area contributed by atoms with E-state index in [9.17, 15) is 9.18 Å². The molecule has 2 aromatic heterocycles. The number of thioether (sulfide) groups is 1. The third-order valence-corrected chi connectivity index (χ3v) is 5.48. The maximum atomic E-state index is 13.9. The minimum absolute atomic E-state index is 0.0192. The Labute approximate surface area is 165 Å². The normalized spacial score (nSPS) is 14.5. The third-order valence-electron chi connectivity index (χ3n) is 4.54. The molecule has 146 valence electrons. The highest BCUT2D eigenvalue weighted by Gasteiger charge is 2.23. The highest BCUT2D eigenvalue weighted by atomic mass is 32.2. The summed E-state index contributed by atoms with van der Waals surface area (Å²) >= 11 is 1.30. The molecule has 0 N–H and O–H groups in total. The molecular weight excluding hydrogens is 383 g/mol. The summed E-state index contributed by atoms with van der Waals surface area (Å²) in [5.41, 5.74) is 0.584. The molecule has 0 radical (unpaired) electrons. The van der Waals surface area contributed by atoms with Gasteiger partial charge in [-0.25, -0.2) is 9.07 Å². The lowest BCUT2D eigenvalue weighted by molar-refractivity contribution is -0.128. The molecule has 1 saturated heterocycles. The summed E-state index contributed by atoms with van der Waals surface area (Å²) in [6.45, 7) is 2.75. The van der Waals surface area contributed by atoms with Crippen LogP contribution in [0.15, 0.2) is 52.2 Å². The van der Waals surface area contributed by atoms with Gasteiger partial charge in [-0.1, -0.05) is 23.9 Å². The largest absolute Gasteiger partial charge is 0.467 e. The minimum atomic E-state index is -0.235. The number of aromatic nitrogens is 4. The number of rotatable bonds is 6. The maximum absolute atomic E-state index is 13.9. The van der Waals surface area contributed by atoms with E-state index in [4.69, 9.17) is 4.42 Å². The molecule has 0 bridgehead atoms. The Hall–Kier alpha value is -2.88. The highest BCUT2D eigenvalue weighted by molar-refractivity contribution is 7.99. The Balaban J connectivity index is 1.29. The maximum Gasteiger partial charge on any atom is 0.233 e. The van der Waals surface area contributed by atoms with Crippen molar-refractivity contribution in [3.05, 3.63) is 54.2 Å². The average molecular weight is 402 g/mol. The summed E-state index contributed by atoms with van der Waals surface area (Å²) in [6.07, 6.45) is 1.59. The van der Waals surface area contributed by atoms with Gasteiger partial charge in [0.25, 0.3) is 0 Å². The molecule has 4 rings (SSSR count). The van der Waals surface area contributed by atoms with Crippen molar-refractivity contribution >= 4 is 23.4 Å². The number of hydrogen-bond donors (Lipinski definition) is 0. The Kier molecular flexibility index (Phi) is 5.56. The SMILES string of the molecule is O=C(CSc1nnnn1Cc1ccco1)N1CCN(c2ccccc2F)CC1. The fourth-order valence-corrected chi connectivity index (χ4v) is 3.85. The van der Waals surface area contributed by atoms with E-state index in [1.165, 1.54) is 17.8 Å². The zero-order chi connectivity index (χ0) is 19.3. The Morgan fingerprint density at radius 1 is 1.14 bits per heavy atom. The standard InChI is InChI=1S/C18H19FN6O2S/c19-15-5-1-2-6-16(15)23-7-9-24(10-8-23)17(26)13-28-18-20-21-22-25(18)12-14-4-3-11-27-14/h1-6,11H,7-10,12-13H2. The minimum Gasteiger partial charge on any atom is -0.467 e. The number of para-hydroxylation sites is 1. The smallest absolute Gasteiger partial charge is 0.233 e. The molecule has 1 amide bonds. The second-order valence-corrected chi connectivity index (χ2v) is 7.25. The van der Waals surface area contributed by atoms with Crippen LogP contribution in [0.25, 0.3) is 0 Å². The number of halogens is 1. The molecule has 0 aliphatic carbocycles. The van der Waals surface area contributed by atoms with Gasteiger partial charge >= 0.3 is 0 Å². The first kappa shape index (κ1) is 18.5. The number of hydrogen-bond acceptors (Lipinski definition) is 7. The van der Waals surface area contributed by atoms with Crippen molar-refractivity contribution in [3.8, 4) is 0 Å². The summed E-state index contributed by atoms with van der Waals surface area (Å²) in [5, 5.41) is 12.2. The number of carbonyl (C=O) groups is 1. The summed E-state index contributed by atoms with van der Waals surface area (Å²) in [7, 11) is 0. The monoisotopic (exact) mass is 402 g/mol. The van der Waals surface area contributed by atoms with Crippen molar-refractivity contribution < 1.29 is 13.6 Å². The molecule has 10 heteroatoms. The van der Waals surface area contributed by atoms with E-state index in [1.54, 1.807) is 34.0 Å². The van der Waals surface area contributed by atoms with E-state index in [0.717, 1.165) is 5.76 Å². The third kappa shape index (κ3) is 4.16. The molecule has 0 atom stereocenters. The lowest BCUT2D eigenvalue weighted by Crippen LogP contribution is -2.49. The Bertz CT molecular complexity index is 924. The van der Waals surface area contributed by atoms with Crippen LogP contribution in [-0.2, 0) is 11.3 Å². The molecule has 1 aliphatic heterocycles. The predicted octanol–water partition coefficient (Wildman–Crippen LogP) is 1.89. The van der Waals surface area contributed by atoms with Crippen LogP contribution in [0.5, 0.6) is 0 Å². The van der Waals surface area contributed by atoms with Gasteiger partial charge in [0.05, 0.1) is 17.7 Å². The summed E-state index contributed by atoms with van der Waals surface area (Å²) in [6, 6.07) is 10.4. The number of piperazine rings is 1. The molecule has 0 unspecified atom stereocenters. The van der Waals surface area contributed by atoms with Crippen LogP contribution in [0.4, 0.5) is 10.1 Å². The van der Waals surface area contributed by atoms with Crippen LogP contribution in [0, 0.1) is 5.82 Å². The molecule has 1 aromatic carbocycles. The van der Waals surface area contributed by atoms with Crippen LogP contribution < -0.4 is 4.90 Å². The van der Waals surface area contributed by atoms with Crippen LogP contribution in [0.3, 0.4) is 0 Å². The zero-order valence-electron chi connectivity index (χ0n) is 15.1. The van der Waals surface area contributed by atoms with Gasteiger partial charge in [-0.2, -0.15) is 0 Å². The summed E-state index contributed by atoms with van der Waals surface area (Å²) < 4.78 is 20.8. The van der Waals surface area contributed by atoms with Crippen LogP contribution in [0.1, 0.15) is 5.76 Å². The van der Waals surface area contributed by atoms with Crippen molar-refractivity contribution in [2.24, 2.45) is 0 Å². The van der Waals surface area contributed by atoms with Gasteiger partial charge in [0.15, 0.2) is 0 Å². The Morgan fingerprint density at radius 3 is 2.71 bits per heavy atom. The van der Waals surface area contributed by atoms with Crippen LogP contribution >= 0.6 is 11.8 Å². The number of anilines is 1. The van der Waals surface area contributed by atoms with E-state index >= 15 is 0 Å². The zero-order valence-corrected chi connectivity index (χ0v) is 15.9. The molecule has 1 aliphatic rings. The van der Waals surface area contributed by atoms with Crippen LogP contribution in [0.2, 0.25) is 0 Å². The second kappa shape index (κ2) is 8.42. The van der Waals surface area contributed by atoms with E-state index in [-0.39, 0.29) is 17.5 Å². The van der Waals surface area contributed by atoms with E-state index < -0.39 is 0 Å². The van der Waals surface area contributed by atoms with Gasteiger partial charge in [-0.15, -0.1) is 5.10 Å². The summed E-state index contributed by atoms with van der Waals surface area (Å²) in [4.78, 5) is 16.3. The molecule has 3 heterocycles. The quantitative estimate of drug-likeness (QED) is 0.583. The highest BCUT2D eigenvalue weighted by Crippen LogP contribution is 2.21. The van der Waals surface area contributed by atoms with Crippen LogP contribution in [-0.4, -0.2) is 62.9 Å². The van der Waals surface area contributed by atoms with Crippen molar-refractivity contribution in [3.63, 3.8) is 0 Å². The topological polar surface area (TPSA) is 80.3 Å². The second-order valence-electron chi connectivity index (χ2n) is 6.31.